The van der Waals surface area contributed by atoms with Gasteiger partial charge in [-0.25, -0.2) is 9.97 Å². The van der Waals surface area contributed by atoms with Gasteiger partial charge >= 0.3 is 0 Å². The zero-order valence-corrected chi connectivity index (χ0v) is 15.3. The Morgan fingerprint density at radius 2 is 1.54 bits per heavy atom. The van der Waals surface area contributed by atoms with E-state index >= 15 is 0 Å². The molecule has 0 unspecified atom stereocenters. The van der Waals surface area contributed by atoms with E-state index in [0.717, 1.165) is 16.4 Å². The number of para-hydroxylation sites is 1. The van der Waals surface area contributed by atoms with Crippen molar-refractivity contribution >= 4 is 59.9 Å². The van der Waals surface area contributed by atoms with Gasteiger partial charge in [0.1, 0.15) is 6.33 Å². The lowest BCUT2D eigenvalue weighted by Crippen LogP contribution is -1.97. The molecule has 0 bridgehead atoms. The van der Waals surface area contributed by atoms with E-state index in [0.29, 0.717) is 0 Å². The zero-order valence-electron chi connectivity index (χ0n) is 15.3. The monoisotopic (exact) mass is 357 g/mol. The van der Waals surface area contributed by atoms with E-state index < -0.39 is 0 Å². The summed E-state index contributed by atoms with van der Waals surface area (Å²) in [6.07, 6.45) is 1.69. The number of hydrogen-bond acceptors (Lipinski definition) is 2. The first-order valence-electron chi connectivity index (χ1n) is 9.53. The van der Waals surface area contributed by atoms with Crippen LogP contribution in [0.4, 0.5) is 0 Å². The summed E-state index contributed by atoms with van der Waals surface area (Å²) in [5, 5.41) is 7.41. The van der Waals surface area contributed by atoms with Crippen molar-refractivity contribution in [2.75, 3.05) is 0 Å². The van der Waals surface area contributed by atoms with Gasteiger partial charge in [-0.3, -0.25) is 0 Å². The van der Waals surface area contributed by atoms with Gasteiger partial charge in [-0.2, -0.15) is 0 Å². The van der Waals surface area contributed by atoms with Gasteiger partial charge in [0.15, 0.2) is 0 Å². The summed E-state index contributed by atoms with van der Waals surface area (Å²) in [4.78, 5) is 9.33. The molecule has 0 radical (unpaired) electrons. The van der Waals surface area contributed by atoms with E-state index in [2.05, 4.69) is 83.0 Å². The Balaban J connectivity index is 1.98. The number of hydrogen-bond donors (Lipinski definition) is 0. The second-order valence-electron chi connectivity index (χ2n) is 7.55. The van der Waals surface area contributed by atoms with Crippen LogP contribution in [-0.2, 0) is 0 Å². The van der Waals surface area contributed by atoms with Gasteiger partial charge < -0.3 is 4.40 Å². The number of nitrogens with zero attached hydrogens (tertiary/aromatic N) is 3. The highest BCUT2D eigenvalue weighted by molar-refractivity contribution is 6.28. The average Bonchev–Trinajstić information content (AvgIpc) is 3.08. The van der Waals surface area contributed by atoms with Crippen molar-refractivity contribution in [1.29, 1.82) is 0 Å². The molecule has 3 aromatic heterocycles. The molecule has 0 amide bonds. The molecular formula is C25H15N3. The third-order valence-corrected chi connectivity index (χ3v) is 6.19. The van der Waals surface area contributed by atoms with Crippen LogP contribution in [0.5, 0.6) is 0 Å². The van der Waals surface area contributed by atoms with Crippen LogP contribution in [0, 0.1) is 6.92 Å². The molecule has 28 heavy (non-hydrogen) atoms. The van der Waals surface area contributed by atoms with Gasteiger partial charge in [0.25, 0.3) is 0 Å². The van der Waals surface area contributed by atoms with Crippen molar-refractivity contribution < 1.29 is 0 Å². The molecule has 130 valence electrons. The van der Waals surface area contributed by atoms with E-state index in [4.69, 9.17) is 4.98 Å². The van der Waals surface area contributed by atoms with Gasteiger partial charge in [0.05, 0.1) is 33.0 Å². The first kappa shape index (κ1) is 14.4. The van der Waals surface area contributed by atoms with Gasteiger partial charge in [0, 0.05) is 16.2 Å². The first-order chi connectivity index (χ1) is 13.8. The van der Waals surface area contributed by atoms with E-state index in [9.17, 15) is 0 Å². The second-order valence-corrected chi connectivity index (χ2v) is 7.55. The Kier molecular flexibility index (Phi) is 2.44. The van der Waals surface area contributed by atoms with Crippen molar-refractivity contribution in [3.63, 3.8) is 0 Å². The maximum Gasteiger partial charge on any atom is 0.116 e. The Morgan fingerprint density at radius 1 is 0.714 bits per heavy atom. The molecule has 3 nitrogen and oxygen atoms in total. The van der Waals surface area contributed by atoms with Crippen LogP contribution < -0.4 is 0 Å². The van der Waals surface area contributed by atoms with E-state index in [1.165, 1.54) is 49.0 Å². The number of benzene rings is 4. The first-order valence-corrected chi connectivity index (χ1v) is 9.53. The Morgan fingerprint density at radius 3 is 2.46 bits per heavy atom. The molecule has 3 heteroatoms. The molecule has 0 saturated heterocycles. The summed E-state index contributed by atoms with van der Waals surface area (Å²) in [6.45, 7) is 2.23. The molecule has 0 aliphatic heterocycles. The molecule has 4 aromatic carbocycles. The van der Waals surface area contributed by atoms with E-state index in [1.54, 1.807) is 6.33 Å². The van der Waals surface area contributed by atoms with Crippen LogP contribution in [0.15, 0.2) is 73.1 Å². The highest BCUT2D eigenvalue weighted by Crippen LogP contribution is 2.41. The largest absolute Gasteiger partial charge is 0.308 e. The summed E-state index contributed by atoms with van der Waals surface area (Å²) in [7, 11) is 0. The van der Waals surface area contributed by atoms with Crippen molar-refractivity contribution in [3.8, 4) is 0 Å². The fourth-order valence-corrected chi connectivity index (χ4v) is 5.02. The molecule has 7 aromatic rings. The summed E-state index contributed by atoms with van der Waals surface area (Å²) in [5.41, 5.74) is 7.02. The molecule has 0 saturated carbocycles. The predicted octanol–water partition coefficient (Wildman–Crippen LogP) is 6.24. The molecule has 0 N–H and O–H groups in total. The molecule has 0 atom stereocenters. The van der Waals surface area contributed by atoms with Gasteiger partial charge in [0.2, 0.25) is 0 Å². The molecule has 3 heterocycles. The zero-order chi connectivity index (χ0) is 18.4. The number of aromatic nitrogens is 3. The van der Waals surface area contributed by atoms with Crippen LogP contribution in [0.3, 0.4) is 0 Å². The van der Waals surface area contributed by atoms with Gasteiger partial charge in [-0.05, 0) is 47.5 Å². The summed E-state index contributed by atoms with van der Waals surface area (Å²) >= 11 is 0. The lowest BCUT2D eigenvalue weighted by atomic mass is 9.98. The fourth-order valence-electron chi connectivity index (χ4n) is 5.02. The molecule has 7 rings (SSSR count). The number of rotatable bonds is 0. The minimum absolute atomic E-state index is 0.998. The van der Waals surface area contributed by atoms with Gasteiger partial charge in [-0.1, -0.05) is 42.5 Å². The SMILES string of the molecule is Cc1c2ccccc2cc2c3ncnc4ccc5c6ccccc6n(c12)c5c43. The normalized spacial score (nSPS) is 12.5. The second kappa shape index (κ2) is 4.76. The average molecular weight is 357 g/mol. The highest BCUT2D eigenvalue weighted by atomic mass is 14.9. The van der Waals surface area contributed by atoms with Crippen molar-refractivity contribution in [3.05, 3.63) is 78.6 Å². The maximum absolute atomic E-state index is 4.76. The molecule has 0 fully saturated rings. The number of aryl methyl sites for hydroxylation is 1. The Hall–Kier alpha value is -3.72. The summed E-state index contributed by atoms with van der Waals surface area (Å²) < 4.78 is 2.43. The third-order valence-electron chi connectivity index (χ3n) is 6.19. The van der Waals surface area contributed by atoms with Crippen LogP contribution >= 0.6 is 0 Å². The Bertz CT molecular complexity index is 1720. The molecule has 0 aliphatic rings. The maximum atomic E-state index is 4.76. The van der Waals surface area contributed by atoms with Crippen LogP contribution in [0.1, 0.15) is 5.56 Å². The summed E-state index contributed by atoms with van der Waals surface area (Å²) in [6, 6.07) is 23.9. The highest BCUT2D eigenvalue weighted by Gasteiger charge is 2.20. The van der Waals surface area contributed by atoms with Crippen molar-refractivity contribution in [2.24, 2.45) is 0 Å². The third kappa shape index (κ3) is 1.53. The predicted molar refractivity (Wildman–Crippen MR) is 116 cm³/mol. The number of pyridine rings is 1. The van der Waals surface area contributed by atoms with E-state index in [-0.39, 0.29) is 0 Å². The minimum Gasteiger partial charge on any atom is -0.308 e. The fraction of sp³-hybridized carbons (Fsp3) is 0.0400. The minimum atomic E-state index is 0.998. The van der Waals surface area contributed by atoms with Gasteiger partial charge in [-0.15, -0.1) is 0 Å². The van der Waals surface area contributed by atoms with Crippen LogP contribution in [0.25, 0.3) is 59.9 Å². The van der Waals surface area contributed by atoms with Crippen LogP contribution in [-0.4, -0.2) is 14.4 Å². The lowest BCUT2D eigenvalue weighted by molar-refractivity contribution is 1.25. The van der Waals surface area contributed by atoms with E-state index in [1.807, 2.05) is 0 Å². The standard InChI is InChI=1S/C25H15N3/c1-14-16-7-3-2-6-15(16)12-19-23-22-20(26-13-27-23)11-10-18-17-8-4-5-9-21(17)28(24(14)19)25(18)22/h2-13H,1H3. The number of fused-ring (bicyclic) bond motifs is 7. The Labute approximate surface area is 160 Å². The smallest absolute Gasteiger partial charge is 0.116 e. The molecule has 0 spiro atoms. The van der Waals surface area contributed by atoms with Crippen molar-refractivity contribution in [1.82, 2.24) is 14.4 Å². The van der Waals surface area contributed by atoms with Crippen LogP contribution in [0.2, 0.25) is 0 Å². The quantitative estimate of drug-likeness (QED) is 0.237. The topological polar surface area (TPSA) is 30.2 Å². The molecular weight excluding hydrogens is 342 g/mol. The summed E-state index contributed by atoms with van der Waals surface area (Å²) in [5.74, 6) is 0. The van der Waals surface area contributed by atoms with Crippen molar-refractivity contribution in [2.45, 2.75) is 6.92 Å². The molecule has 0 aliphatic carbocycles. The lowest BCUT2D eigenvalue weighted by Gasteiger charge is -2.15.